The normalized spacial score (nSPS) is 9.14. The summed E-state index contributed by atoms with van der Waals surface area (Å²) in [6, 6.07) is 14.4. The van der Waals surface area contributed by atoms with E-state index in [2.05, 4.69) is 17.2 Å². The summed E-state index contributed by atoms with van der Waals surface area (Å²) >= 11 is 0. The van der Waals surface area contributed by atoms with Gasteiger partial charge in [-0.25, -0.2) is 4.39 Å². The van der Waals surface area contributed by atoms with Gasteiger partial charge in [0.2, 0.25) is 0 Å². The number of rotatable bonds is 2. The molecule has 0 aromatic heterocycles. The van der Waals surface area contributed by atoms with Crippen molar-refractivity contribution in [2.75, 3.05) is 6.54 Å². The van der Waals surface area contributed by atoms with Gasteiger partial charge in [-0.2, -0.15) is 5.26 Å². The predicted molar refractivity (Wildman–Crippen MR) is 76.8 cm³/mol. The Morgan fingerprint density at radius 2 is 1.86 bits per heavy atom. The summed E-state index contributed by atoms with van der Waals surface area (Å²) in [7, 11) is 0. The maximum Gasteiger partial charge on any atom is 0.252 e. The van der Waals surface area contributed by atoms with E-state index in [0.29, 0.717) is 16.7 Å². The van der Waals surface area contributed by atoms with Crippen molar-refractivity contribution in [1.29, 1.82) is 5.26 Å². The van der Waals surface area contributed by atoms with Crippen molar-refractivity contribution in [3.05, 3.63) is 71.0 Å². The highest BCUT2D eigenvalue weighted by atomic mass is 19.1. The molecule has 1 N–H and O–H groups in total. The number of carbonyl (C=O) groups excluding carboxylic acids is 1. The van der Waals surface area contributed by atoms with E-state index in [1.165, 1.54) is 6.07 Å². The number of nitriles is 1. The fourth-order valence-corrected chi connectivity index (χ4v) is 1.62. The lowest BCUT2D eigenvalue weighted by Gasteiger charge is -2.01. The van der Waals surface area contributed by atoms with Crippen molar-refractivity contribution in [1.82, 2.24) is 5.32 Å². The molecule has 2 aromatic rings. The van der Waals surface area contributed by atoms with Crippen molar-refractivity contribution in [2.45, 2.75) is 0 Å². The van der Waals surface area contributed by atoms with Crippen LogP contribution >= 0.6 is 0 Å². The second-order valence-electron chi connectivity index (χ2n) is 4.15. The summed E-state index contributed by atoms with van der Waals surface area (Å²) < 4.78 is 13.3. The molecule has 21 heavy (non-hydrogen) atoms. The highest BCUT2D eigenvalue weighted by Gasteiger charge is 2.03. The third-order valence-corrected chi connectivity index (χ3v) is 2.71. The first-order valence-electron chi connectivity index (χ1n) is 6.22. The molecular formula is C17H11FN2O. The van der Waals surface area contributed by atoms with Crippen LogP contribution in [-0.2, 0) is 0 Å². The zero-order valence-corrected chi connectivity index (χ0v) is 11.1. The first-order valence-corrected chi connectivity index (χ1v) is 6.22. The van der Waals surface area contributed by atoms with Crippen LogP contribution in [0.4, 0.5) is 4.39 Å². The summed E-state index contributed by atoms with van der Waals surface area (Å²) in [4.78, 5) is 11.8. The fourth-order valence-electron chi connectivity index (χ4n) is 1.62. The molecule has 0 unspecified atom stereocenters. The number of amides is 1. The minimum Gasteiger partial charge on any atom is -0.341 e. The van der Waals surface area contributed by atoms with Crippen LogP contribution < -0.4 is 5.32 Å². The molecule has 0 spiro atoms. The van der Waals surface area contributed by atoms with Crippen LogP contribution in [0, 0.1) is 29.0 Å². The van der Waals surface area contributed by atoms with E-state index in [1.807, 2.05) is 6.07 Å². The maximum atomic E-state index is 13.3. The van der Waals surface area contributed by atoms with E-state index in [4.69, 9.17) is 5.26 Å². The van der Waals surface area contributed by atoms with Crippen molar-refractivity contribution in [3.63, 3.8) is 0 Å². The summed E-state index contributed by atoms with van der Waals surface area (Å²) in [6.45, 7) is 0.118. The van der Waals surface area contributed by atoms with Gasteiger partial charge in [0.25, 0.3) is 5.91 Å². The van der Waals surface area contributed by atoms with Crippen LogP contribution in [0.3, 0.4) is 0 Å². The molecule has 0 saturated heterocycles. The second-order valence-corrected chi connectivity index (χ2v) is 4.15. The summed E-state index contributed by atoms with van der Waals surface area (Å²) in [5, 5.41) is 11.3. The molecule has 0 bridgehead atoms. The molecule has 0 saturated carbocycles. The summed E-state index contributed by atoms with van der Waals surface area (Å²) in [6.07, 6.45) is 0. The van der Waals surface area contributed by atoms with E-state index < -0.39 is 0 Å². The molecule has 102 valence electrons. The highest BCUT2D eigenvalue weighted by molar-refractivity contribution is 5.94. The van der Waals surface area contributed by atoms with Gasteiger partial charge < -0.3 is 5.32 Å². The number of hydrogen-bond acceptors (Lipinski definition) is 2. The number of hydrogen-bond donors (Lipinski definition) is 1. The molecule has 0 aliphatic carbocycles. The Bertz CT molecular complexity index is 749. The van der Waals surface area contributed by atoms with Crippen molar-refractivity contribution in [3.8, 4) is 17.9 Å². The van der Waals surface area contributed by atoms with Crippen LogP contribution in [0.15, 0.2) is 48.5 Å². The molecule has 0 aliphatic rings. The Morgan fingerprint density at radius 3 is 2.52 bits per heavy atom. The number of carbonyl (C=O) groups is 1. The average molecular weight is 278 g/mol. The topological polar surface area (TPSA) is 52.9 Å². The molecule has 2 aromatic carbocycles. The van der Waals surface area contributed by atoms with E-state index in [-0.39, 0.29) is 18.3 Å². The van der Waals surface area contributed by atoms with Crippen LogP contribution in [0.5, 0.6) is 0 Å². The smallest absolute Gasteiger partial charge is 0.252 e. The Morgan fingerprint density at radius 1 is 1.14 bits per heavy atom. The first-order chi connectivity index (χ1) is 10.2. The number of nitrogens with zero attached hydrogens (tertiary/aromatic N) is 1. The fraction of sp³-hybridized carbons (Fsp3) is 0.0588. The molecule has 3 nitrogen and oxygen atoms in total. The Kier molecular flexibility index (Phi) is 4.69. The Hall–Kier alpha value is -3.11. The van der Waals surface area contributed by atoms with E-state index in [0.717, 1.165) is 0 Å². The predicted octanol–water partition coefficient (Wildman–Crippen LogP) is 2.48. The maximum absolute atomic E-state index is 13.3. The third-order valence-electron chi connectivity index (χ3n) is 2.71. The average Bonchev–Trinajstić information content (AvgIpc) is 2.53. The number of halogens is 1. The largest absolute Gasteiger partial charge is 0.341 e. The SMILES string of the molecule is N#Cc1ccc(C(=O)NCC#Cc2ccccc2F)cc1. The van der Waals surface area contributed by atoms with Gasteiger partial charge >= 0.3 is 0 Å². The minimum absolute atomic E-state index is 0.118. The van der Waals surface area contributed by atoms with Crippen LogP contribution in [0.1, 0.15) is 21.5 Å². The van der Waals surface area contributed by atoms with Crippen LogP contribution in [0.25, 0.3) is 0 Å². The van der Waals surface area contributed by atoms with Gasteiger partial charge in [-0.15, -0.1) is 0 Å². The summed E-state index contributed by atoms with van der Waals surface area (Å²) in [5.74, 6) is 4.67. The zero-order valence-electron chi connectivity index (χ0n) is 11.1. The van der Waals surface area contributed by atoms with Crippen LogP contribution in [-0.4, -0.2) is 12.5 Å². The molecule has 0 heterocycles. The Labute approximate surface area is 122 Å². The van der Waals surface area contributed by atoms with Gasteiger partial charge in [-0.1, -0.05) is 24.0 Å². The lowest BCUT2D eigenvalue weighted by molar-refractivity contribution is 0.0958. The molecule has 0 radical (unpaired) electrons. The molecule has 0 aliphatic heterocycles. The molecule has 0 fully saturated rings. The monoisotopic (exact) mass is 278 g/mol. The van der Waals surface area contributed by atoms with Gasteiger partial charge in [0.15, 0.2) is 0 Å². The second kappa shape index (κ2) is 6.88. The standard InChI is InChI=1S/C17H11FN2O/c18-16-6-2-1-4-14(16)5-3-11-20-17(21)15-9-7-13(12-19)8-10-15/h1-2,4,6-10H,11H2,(H,20,21). The molecule has 2 rings (SSSR count). The van der Waals surface area contributed by atoms with Gasteiger partial charge in [0.1, 0.15) is 5.82 Å². The quantitative estimate of drug-likeness (QED) is 0.858. The van der Waals surface area contributed by atoms with Gasteiger partial charge in [-0.3, -0.25) is 4.79 Å². The Balaban J connectivity index is 1.93. The van der Waals surface area contributed by atoms with E-state index in [9.17, 15) is 9.18 Å². The summed E-state index contributed by atoms with van der Waals surface area (Å²) in [5.41, 5.74) is 1.23. The van der Waals surface area contributed by atoms with Crippen molar-refractivity contribution >= 4 is 5.91 Å². The first kappa shape index (κ1) is 14.3. The van der Waals surface area contributed by atoms with Gasteiger partial charge in [-0.05, 0) is 36.4 Å². The van der Waals surface area contributed by atoms with Crippen molar-refractivity contribution in [2.24, 2.45) is 0 Å². The van der Waals surface area contributed by atoms with E-state index >= 15 is 0 Å². The van der Waals surface area contributed by atoms with Crippen molar-refractivity contribution < 1.29 is 9.18 Å². The number of benzene rings is 2. The molecule has 0 atom stereocenters. The van der Waals surface area contributed by atoms with Gasteiger partial charge in [0.05, 0.1) is 23.7 Å². The third kappa shape index (κ3) is 3.92. The van der Waals surface area contributed by atoms with Crippen LogP contribution in [0.2, 0.25) is 0 Å². The minimum atomic E-state index is -0.386. The molecule has 1 amide bonds. The molecule has 4 heteroatoms. The number of nitrogens with one attached hydrogen (secondary N) is 1. The zero-order chi connectivity index (χ0) is 15.1. The molecular weight excluding hydrogens is 267 g/mol. The van der Waals surface area contributed by atoms with Gasteiger partial charge in [0, 0.05) is 5.56 Å². The lowest BCUT2D eigenvalue weighted by atomic mass is 10.1. The highest BCUT2D eigenvalue weighted by Crippen LogP contribution is 2.04. The van der Waals surface area contributed by atoms with E-state index in [1.54, 1.807) is 42.5 Å². The lowest BCUT2D eigenvalue weighted by Crippen LogP contribution is -2.23.